The average Bonchev–Trinajstić information content (AvgIpc) is 3.44. The van der Waals surface area contributed by atoms with E-state index in [4.69, 9.17) is 21.1 Å². The van der Waals surface area contributed by atoms with Crippen molar-refractivity contribution in [3.8, 4) is 11.5 Å². The molecule has 0 saturated carbocycles. The molecule has 1 aromatic heterocycles. The van der Waals surface area contributed by atoms with Crippen molar-refractivity contribution >= 4 is 40.0 Å². The highest BCUT2D eigenvalue weighted by Gasteiger charge is 2.46. The Hall–Kier alpha value is -4.23. The number of benzene rings is 3. The summed E-state index contributed by atoms with van der Waals surface area (Å²) >= 11 is 6.01. The molecule has 8 heteroatoms. The predicted octanol–water partition coefficient (Wildman–Crippen LogP) is 5.50. The van der Waals surface area contributed by atoms with Gasteiger partial charge in [0.15, 0.2) is 0 Å². The van der Waals surface area contributed by atoms with Crippen LogP contribution in [-0.4, -0.2) is 47.4 Å². The van der Waals surface area contributed by atoms with Gasteiger partial charge in [-0.05, 0) is 60.5 Å². The van der Waals surface area contributed by atoms with Gasteiger partial charge >= 0.3 is 0 Å². The van der Waals surface area contributed by atoms with Crippen LogP contribution in [0, 0.1) is 0 Å². The maximum Gasteiger partial charge on any atom is 0.295 e. The number of hydrogen-bond acceptors (Lipinski definition) is 5. The van der Waals surface area contributed by atoms with E-state index >= 15 is 0 Å². The van der Waals surface area contributed by atoms with Gasteiger partial charge in [-0.1, -0.05) is 29.8 Å². The van der Waals surface area contributed by atoms with Gasteiger partial charge in [-0.3, -0.25) is 9.59 Å². The first kappa shape index (κ1) is 24.5. The van der Waals surface area contributed by atoms with E-state index in [1.165, 1.54) is 12.0 Å². The molecule has 4 aromatic rings. The largest absolute Gasteiger partial charge is 0.507 e. The first-order valence-corrected chi connectivity index (χ1v) is 12.1. The van der Waals surface area contributed by atoms with E-state index in [0.29, 0.717) is 28.3 Å². The number of amides is 1. The maximum atomic E-state index is 13.4. The molecule has 7 nitrogen and oxygen atoms in total. The summed E-state index contributed by atoms with van der Waals surface area (Å²) in [5, 5.41) is 12.7. The number of ketones is 1. The number of aromatic amines is 1. The molecular formula is C29H25ClN2O5. The van der Waals surface area contributed by atoms with Crippen LogP contribution >= 0.6 is 11.6 Å². The van der Waals surface area contributed by atoms with Crippen molar-refractivity contribution in [2.75, 3.05) is 20.8 Å². The van der Waals surface area contributed by atoms with Crippen LogP contribution in [0.15, 0.2) is 78.5 Å². The van der Waals surface area contributed by atoms with E-state index < -0.39 is 17.7 Å². The summed E-state index contributed by atoms with van der Waals surface area (Å²) < 4.78 is 10.9. The number of carbonyl (C=O) groups is 2. The van der Waals surface area contributed by atoms with E-state index in [1.807, 2.05) is 36.5 Å². The molecule has 3 aromatic carbocycles. The highest BCUT2D eigenvalue weighted by Crippen LogP contribution is 2.43. The van der Waals surface area contributed by atoms with Crippen LogP contribution in [0.1, 0.15) is 22.7 Å². The van der Waals surface area contributed by atoms with Crippen molar-refractivity contribution in [1.82, 2.24) is 9.88 Å². The molecule has 2 N–H and O–H groups in total. The second kappa shape index (κ2) is 10.0. The maximum absolute atomic E-state index is 13.4. The number of aromatic nitrogens is 1. The number of para-hydroxylation sites is 1. The number of methoxy groups -OCH3 is 2. The number of halogens is 1. The highest BCUT2D eigenvalue weighted by molar-refractivity contribution is 6.46. The number of nitrogens with one attached hydrogen (secondary N) is 1. The SMILES string of the molecule is COc1ccc2[nH]cc(CCN3C(=O)C(=O)C(=C(O)c4ccc(Cl)cc4)[C@@H]3c3ccccc3OC)c2c1. The number of fused-ring (bicyclic) bond motifs is 1. The minimum atomic E-state index is -0.827. The molecule has 188 valence electrons. The van der Waals surface area contributed by atoms with Gasteiger partial charge in [0, 0.05) is 39.8 Å². The lowest BCUT2D eigenvalue weighted by Gasteiger charge is -2.26. The van der Waals surface area contributed by atoms with Crippen LogP contribution in [-0.2, 0) is 16.0 Å². The monoisotopic (exact) mass is 516 g/mol. The molecule has 0 aliphatic carbocycles. The Bertz CT molecular complexity index is 1520. The third-order valence-electron chi connectivity index (χ3n) is 6.69. The van der Waals surface area contributed by atoms with Crippen LogP contribution in [0.5, 0.6) is 11.5 Å². The lowest BCUT2D eigenvalue weighted by molar-refractivity contribution is -0.139. The summed E-state index contributed by atoms with van der Waals surface area (Å²) in [6, 6.07) is 18.6. The Morgan fingerprint density at radius 3 is 2.51 bits per heavy atom. The molecular weight excluding hydrogens is 492 g/mol. The summed E-state index contributed by atoms with van der Waals surface area (Å²) in [7, 11) is 3.14. The lowest BCUT2D eigenvalue weighted by atomic mass is 9.94. The third-order valence-corrected chi connectivity index (χ3v) is 6.94. The first-order valence-electron chi connectivity index (χ1n) is 11.7. The Morgan fingerprint density at radius 2 is 1.78 bits per heavy atom. The standard InChI is InChI=1S/C29H25ClN2O5/c1-36-20-11-12-23-22(15-20)18(16-31-23)13-14-32-26(21-5-3-4-6-24(21)37-2)25(28(34)29(32)35)27(33)17-7-9-19(30)10-8-17/h3-12,15-16,26,31,33H,13-14H2,1-2H3/t26-/m0/s1. The van der Waals surface area contributed by atoms with Crippen molar-refractivity contribution in [3.63, 3.8) is 0 Å². The molecule has 5 rings (SSSR count). The second-order valence-corrected chi connectivity index (χ2v) is 9.15. The van der Waals surface area contributed by atoms with E-state index in [-0.39, 0.29) is 17.9 Å². The number of carbonyl (C=O) groups excluding carboxylic acids is 2. The number of Topliss-reactive ketones (excluding diaryl/α,β-unsaturated/α-hetero) is 1. The van der Waals surface area contributed by atoms with Crippen molar-refractivity contribution in [3.05, 3.63) is 100 Å². The highest BCUT2D eigenvalue weighted by atomic mass is 35.5. The van der Waals surface area contributed by atoms with E-state index in [9.17, 15) is 14.7 Å². The van der Waals surface area contributed by atoms with Crippen LogP contribution in [0.25, 0.3) is 16.7 Å². The Balaban J connectivity index is 1.58. The molecule has 0 spiro atoms. The van der Waals surface area contributed by atoms with Crippen molar-refractivity contribution < 1.29 is 24.2 Å². The fourth-order valence-corrected chi connectivity index (χ4v) is 4.95. The predicted molar refractivity (Wildman–Crippen MR) is 142 cm³/mol. The van der Waals surface area contributed by atoms with E-state index in [0.717, 1.165) is 22.2 Å². The van der Waals surface area contributed by atoms with Gasteiger partial charge in [0.25, 0.3) is 11.7 Å². The molecule has 37 heavy (non-hydrogen) atoms. The first-order chi connectivity index (χ1) is 17.9. The van der Waals surface area contributed by atoms with Crippen LogP contribution in [0.3, 0.4) is 0 Å². The average molecular weight is 517 g/mol. The summed E-state index contributed by atoms with van der Waals surface area (Å²) in [4.78, 5) is 31.4. The zero-order valence-electron chi connectivity index (χ0n) is 20.3. The number of nitrogens with zero attached hydrogens (tertiary/aromatic N) is 1. The number of rotatable bonds is 7. The van der Waals surface area contributed by atoms with Crippen LogP contribution in [0.2, 0.25) is 5.02 Å². The fraction of sp³-hybridized carbons (Fsp3) is 0.172. The number of aliphatic hydroxyl groups excluding tert-OH is 1. The molecule has 1 amide bonds. The molecule has 1 aliphatic heterocycles. The Kier molecular flexibility index (Phi) is 6.63. The normalized spacial score (nSPS) is 16.9. The molecule has 2 heterocycles. The molecule has 0 radical (unpaired) electrons. The van der Waals surface area contributed by atoms with Crippen LogP contribution < -0.4 is 9.47 Å². The minimum Gasteiger partial charge on any atom is -0.507 e. The minimum absolute atomic E-state index is 0.0115. The summed E-state index contributed by atoms with van der Waals surface area (Å²) in [5.74, 6) is -0.443. The van der Waals surface area contributed by atoms with Crippen LogP contribution in [0.4, 0.5) is 0 Å². The lowest BCUT2D eigenvalue weighted by Crippen LogP contribution is -2.31. The number of H-pyrrole nitrogens is 1. The third kappa shape index (κ3) is 4.42. The van der Waals surface area contributed by atoms with Gasteiger partial charge in [0.05, 0.1) is 25.8 Å². The fourth-order valence-electron chi connectivity index (χ4n) is 4.82. The summed E-state index contributed by atoms with van der Waals surface area (Å²) in [6.07, 6.45) is 2.37. The molecule has 1 saturated heterocycles. The van der Waals surface area contributed by atoms with Gasteiger partial charge in [0.1, 0.15) is 17.3 Å². The van der Waals surface area contributed by atoms with Gasteiger partial charge < -0.3 is 24.5 Å². The number of hydrogen-bond donors (Lipinski definition) is 2. The Morgan fingerprint density at radius 1 is 1.03 bits per heavy atom. The molecule has 0 bridgehead atoms. The topological polar surface area (TPSA) is 91.9 Å². The smallest absolute Gasteiger partial charge is 0.295 e. The quantitative estimate of drug-likeness (QED) is 0.192. The van der Waals surface area contributed by atoms with Crippen molar-refractivity contribution in [2.45, 2.75) is 12.5 Å². The summed E-state index contributed by atoms with van der Waals surface area (Å²) in [5.41, 5.74) is 2.94. The van der Waals surface area contributed by atoms with Gasteiger partial charge in [-0.2, -0.15) is 0 Å². The zero-order valence-corrected chi connectivity index (χ0v) is 21.1. The Labute approximate surface area is 218 Å². The number of ether oxygens (including phenoxy) is 2. The summed E-state index contributed by atoms with van der Waals surface area (Å²) in [6.45, 7) is 0.245. The molecule has 0 unspecified atom stereocenters. The van der Waals surface area contributed by atoms with E-state index in [1.54, 1.807) is 43.5 Å². The number of aliphatic hydroxyl groups is 1. The molecule has 1 aliphatic rings. The van der Waals surface area contributed by atoms with E-state index in [2.05, 4.69) is 4.98 Å². The van der Waals surface area contributed by atoms with Gasteiger partial charge in [0.2, 0.25) is 0 Å². The molecule has 1 fully saturated rings. The number of likely N-dealkylation sites (tertiary alicyclic amines) is 1. The van der Waals surface area contributed by atoms with Gasteiger partial charge in [-0.15, -0.1) is 0 Å². The molecule has 1 atom stereocenters. The van der Waals surface area contributed by atoms with Gasteiger partial charge in [-0.25, -0.2) is 0 Å². The van der Waals surface area contributed by atoms with Crippen molar-refractivity contribution in [2.24, 2.45) is 0 Å². The second-order valence-electron chi connectivity index (χ2n) is 8.72. The van der Waals surface area contributed by atoms with Crippen molar-refractivity contribution in [1.29, 1.82) is 0 Å². The zero-order chi connectivity index (χ0) is 26.1.